The highest BCUT2D eigenvalue weighted by atomic mass is 16.3. The third-order valence-corrected chi connectivity index (χ3v) is 3.71. The molecule has 3 N–H and O–H groups in total. The average molecular weight is 329 g/mol. The van der Waals surface area contributed by atoms with Crippen molar-refractivity contribution in [3.63, 3.8) is 0 Å². The van der Waals surface area contributed by atoms with Crippen LogP contribution in [0.25, 0.3) is 0 Å². The van der Waals surface area contributed by atoms with E-state index in [1.165, 1.54) is 6.26 Å². The van der Waals surface area contributed by atoms with Gasteiger partial charge in [-0.05, 0) is 37.6 Å². The summed E-state index contributed by atoms with van der Waals surface area (Å²) in [6.45, 7) is 6.33. The van der Waals surface area contributed by atoms with Crippen molar-refractivity contribution in [3.8, 4) is 0 Å². The Bertz CT molecular complexity index is 705. The van der Waals surface area contributed by atoms with E-state index in [4.69, 9.17) is 10.2 Å². The summed E-state index contributed by atoms with van der Waals surface area (Å²) in [6.07, 6.45) is 1.39. The first-order valence-electron chi connectivity index (χ1n) is 7.85. The fourth-order valence-electron chi connectivity index (χ4n) is 2.36. The first kappa shape index (κ1) is 17.7. The van der Waals surface area contributed by atoms with Gasteiger partial charge in [-0.2, -0.15) is 0 Å². The molecule has 6 nitrogen and oxygen atoms in total. The monoisotopic (exact) mass is 329 g/mol. The highest BCUT2D eigenvalue weighted by Gasteiger charge is 2.13. The van der Waals surface area contributed by atoms with E-state index in [0.717, 1.165) is 5.56 Å². The minimum absolute atomic E-state index is 0.0399. The van der Waals surface area contributed by atoms with Gasteiger partial charge in [-0.15, -0.1) is 0 Å². The van der Waals surface area contributed by atoms with E-state index in [1.807, 2.05) is 38.1 Å². The third kappa shape index (κ3) is 4.45. The molecule has 1 aromatic heterocycles. The van der Waals surface area contributed by atoms with Gasteiger partial charge in [0.2, 0.25) is 5.91 Å². The summed E-state index contributed by atoms with van der Waals surface area (Å²) in [5.74, 6) is 0.352. The number of nitrogens with one attached hydrogen (secondary N) is 1. The smallest absolute Gasteiger partial charge is 0.258 e. The van der Waals surface area contributed by atoms with Crippen LogP contribution in [0.4, 0.5) is 5.69 Å². The normalized spacial score (nSPS) is 10.7. The zero-order valence-corrected chi connectivity index (χ0v) is 14.2. The molecule has 0 saturated carbocycles. The predicted molar refractivity (Wildman–Crippen MR) is 92.4 cm³/mol. The molecule has 0 saturated heterocycles. The van der Waals surface area contributed by atoms with Crippen molar-refractivity contribution < 1.29 is 14.0 Å². The van der Waals surface area contributed by atoms with Gasteiger partial charge in [0.25, 0.3) is 5.91 Å². The van der Waals surface area contributed by atoms with Crippen LogP contribution in [0.3, 0.4) is 0 Å². The Morgan fingerprint density at radius 1 is 1.25 bits per heavy atom. The van der Waals surface area contributed by atoms with Crippen LogP contribution in [0.15, 0.2) is 41.0 Å². The first-order valence-corrected chi connectivity index (χ1v) is 7.85. The van der Waals surface area contributed by atoms with Crippen LogP contribution in [-0.2, 0) is 17.9 Å². The molecule has 0 radical (unpaired) electrons. The molecule has 0 spiro atoms. The number of carbonyl (C=O) groups is 2. The lowest BCUT2D eigenvalue weighted by molar-refractivity contribution is -0.131. The second-order valence-corrected chi connectivity index (χ2v) is 5.90. The number of rotatable bonds is 6. The van der Waals surface area contributed by atoms with Crippen molar-refractivity contribution in [1.82, 2.24) is 4.90 Å². The molecule has 2 aromatic rings. The van der Waals surface area contributed by atoms with Crippen LogP contribution in [0.5, 0.6) is 0 Å². The van der Waals surface area contributed by atoms with Gasteiger partial charge < -0.3 is 20.4 Å². The zero-order valence-electron chi connectivity index (χ0n) is 14.2. The van der Waals surface area contributed by atoms with Gasteiger partial charge in [-0.25, -0.2) is 0 Å². The zero-order chi connectivity index (χ0) is 17.7. The number of carbonyl (C=O) groups excluding carboxylic acids is 2. The molecule has 2 rings (SSSR count). The van der Waals surface area contributed by atoms with Crippen LogP contribution < -0.4 is 11.1 Å². The van der Waals surface area contributed by atoms with E-state index in [0.29, 0.717) is 23.6 Å². The Morgan fingerprint density at radius 3 is 2.42 bits per heavy atom. The fourth-order valence-corrected chi connectivity index (χ4v) is 2.36. The number of benzene rings is 1. The molecule has 0 aliphatic rings. The summed E-state index contributed by atoms with van der Waals surface area (Å²) in [7, 11) is 0. The third-order valence-electron chi connectivity index (χ3n) is 3.71. The highest BCUT2D eigenvalue weighted by Crippen LogP contribution is 2.15. The molecule has 0 fully saturated rings. The maximum atomic E-state index is 12.1. The molecule has 1 heterocycles. The quantitative estimate of drug-likeness (QED) is 0.853. The molecule has 0 atom stereocenters. The predicted octanol–water partition coefficient (Wildman–Crippen LogP) is 2.75. The van der Waals surface area contributed by atoms with Gasteiger partial charge in [-0.3, -0.25) is 9.59 Å². The molecule has 128 valence electrons. The van der Waals surface area contributed by atoms with Crippen molar-refractivity contribution in [1.29, 1.82) is 0 Å². The average Bonchev–Trinajstić information content (AvgIpc) is 3.02. The molecule has 1 aromatic carbocycles. The molecule has 0 aliphatic carbocycles. The fraction of sp³-hybridized carbons (Fsp3) is 0.333. The summed E-state index contributed by atoms with van der Waals surface area (Å²) in [6, 6.07) is 9.19. The topological polar surface area (TPSA) is 88.6 Å². The second-order valence-electron chi connectivity index (χ2n) is 5.90. The van der Waals surface area contributed by atoms with Crippen molar-refractivity contribution >= 4 is 17.5 Å². The lowest BCUT2D eigenvalue weighted by Crippen LogP contribution is -2.34. The Hall–Kier alpha value is -2.60. The van der Waals surface area contributed by atoms with Gasteiger partial charge in [0.15, 0.2) is 0 Å². The Kier molecular flexibility index (Phi) is 5.76. The SMILES string of the molecule is CC(=O)N(Cc1ccc(NC(=O)c2coc(CN)c2)cc1)C(C)C. The van der Waals surface area contributed by atoms with E-state index >= 15 is 0 Å². The standard InChI is InChI=1S/C18H23N3O3/c1-12(2)21(13(3)22)10-14-4-6-16(7-5-14)20-18(23)15-8-17(9-19)24-11-15/h4-8,11-12H,9-10,19H2,1-3H3,(H,20,23). The molecular weight excluding hydrogens is 306 g/mol. The first-order chi connectivity index (χ1) is 11.4. The number of anilines is 1. The van der Waals surface area contributed by atoms with Crippen LogP contribution >= 0.6 is 0 Å². The number of amides is 2. The van der Waals surface area contributed by atoms with Crippen molar-refractivity contribution in [3.05, 3.63) is 53.5 Å². The molecule has 0 aliphatic heterocycles. The molecule has 24 heavy (non-hydrogen) atoms. The van der Waals surface area contributed by atoms with Crippen molar-refractivity contribution in [2.24, 2.45) is 5.73 Å². The van der Waals surface area contributed by atoms with Gasteiger partial charge in [0, 0.05) is 25.2 Å². The number of nitrogens with two attached hydrogens (primary N) is 1. The highest BCUT2D eigenvalue weighted by molar-refractivity contribution is 6.04. The second kappa shape index (κ2) is 7.79. The summed E-state index contributed by atoms with van der Waals surface area (Å²) in [5, 5.41) is 2.80. The summed E-state index contributed by atoms with van der Waals surface area (Å²) < 4.78 is 5.16. The van der Waals surface area contributed by atoms with E-state index < -0.39 is 0 Å². The Morgan fingerprint density at radius 2 is 1.92 bits per heavy atom. The van der Waals surface area contributed by atoms with Gasteiger partial charge >= 0.3 is 0 Å². The lowest BCUT2D eigenvalue weighted by atomic mass is 10.1. The molecule has 2 amide bonds. The number of hydrogen-bond donors (Lipinski definition) is 2. The van der Waals surface area contributed by atoms with E-state index in [9.17, 15) is 9.59 Å². The van der Waals surface area contributed by atoms with Gasteiger partial charge in [-0.1, -0.05) is 12.1 Å². The van der Waals surface area contributed by atoms with Crippen molar-refractivity contribution in [2.45, 2.75) is 39.9 Å². The minimum Gasteiger partial charge on any atom is -0.467 e. The lowest BCUT2D eigenvalue weighted by Gasteiger charge is -2.25. The van der Waals surface area contributed by atoms with Crippen LogP contribution in [0.2, 0.25) is 0 Å². The van der Waals surface area contributed by atoms with E-state index in [2.05, 4.69) is 5.32 Å². The Labute approximate surface area is 141 Å². The summed E-state index contributed by atoms with van der Waals surface area (Å²) in [4.78, 5) is 25.5. The number of nitrogens with zero attached hydrogens (tertiary/aromatic N) is 1. The molecule has 0 unspecified atom stereocenters. The van der Waals surface area contributed by atoms with E-state index in [1.54, 1.807) is 17.9 Å². The minimum atomic E-state index is -0.251. The van der Waals surface area contributed by atoms with Crippen LogP contribution in [-0.4, -0.2) is 22.8 Å². The van der Waals surface area contributed by atoms with E-state index in [-0.39, 0.29) is 24.4 Å². The van der Waals surface area contributed by atoms with Crippen molar-refractivity contribution in [2.75, 3.05) is 5.32 Å². The largest absolute Gasteiger partial charge is 0.467 e. The van der Waals surface area contributed by atoms with Gasteiger partial charge in [0.05, 0.1) is 12.1 Å². The summed E-state index contributed by atoms with van der Waals surface area (Å²) >= 11 is 0. The number of furan rings is 1. The van der Waals surface area contributed by atoms with Crippen LogP contribution in [0, 0.1) is 0 Å². The molecule has 0 bridgehead atoms. The maximum absolute atomic E-state index is 12.1. The number of hydrogen-bond acceptors (Lipinski definition) is 4. The molecule has 6 heteroatoms. The van der Waals surface area contributed by atoms with Gasteiger partial charge in [0.1, 0.15) is 12.0 Å². The molecular formula is C18H23N3O3. The Balaban J connectivity index is 2.01. The maximum Gasteiger partial charge on any atom is 0.258 e. The van der Waals surface area contributed by atoms with Crippen LogP contribution in [0.1, 0.15) is 42.5 Å². The summed E-state index contributed by atoms with van der Waals surface area (Å²) in [5.41, 5.74) is 7.58.